The molecular formula is C21H28N2O2S. The van der Waals surface area contributed by atoms with Crippen LogP contribution in [0.3, 0.4) is 0 Å². The SMILES string of the molecule is Cc1cc(C)c(S(=O)(=O)N2CCN(Cc3ccccc3)C(C)C2)c(C)c1. The van der Waals surface area contributed by atoms with Crippen molar-refractivity contribution in [2.45, 2.75) is 45.2 Å². The highest BCUT2D eigenvalue weighted by molar-refractivity contribution is 7.89. The number of nitrogens with zero attached hydrogens (tertiary/aromatic N) is 2. The van der Waals surface area contributed by atoms with Crippen LogP contribution >= 0.6 is 0 Å². The van der Waals surface area contributed by atoms with E-state index in [1.54, 1.807) is 4.31 Å². The predicted molar refractivity (Wildman–Crippen MR) is 106 cm³/mol. The Balaban J connectivity index is 1.78. The van der Waals surface area contributed by atoms with Crippen molar-refractivity contribution < 1.29 is 8.42 Å². The van der Waals surface area contributed by atoms with Crippen molar-refractivity contribution in [1.82, 2.24) is 9.21 Å². The molecule has 0 spiro atoms. The highest BCUT2D eigenvalue weighted by Gasteiger charge is 2.33. The second-order valence-corrected chi connectivity index (χ2v) is 9.27. The summed E-state index contributed by atoms with van der Waals surface area (Å²) in [6, 6.07) is 14.4. The third-order valence-corrected chi connectivity index (χ3v) is 7.33. The molecule has 1 heterocycles. The number of rotatable bonds is 4. The Morgan fingerprint density at radius 1 is 1.00 bits per heavy atom. The summed E-state index contributed by atoms with van der Waals surface area (Å²) in [5.74, 6) is 0. The van der Waals surface area contributed by atoms with Gasteiger partial charge in [-0.2, -0.15) is 4.31 Å². The Kier molecular flexibility index (Phi) is 5.51. The molecule has 4 nitrogen and oxygen atoms in total. The van der Waals surface area contributed by atoms with Gasteiger partial charge in [0.25, 0.3) is 0 Å². The van der Waals surface area contributed by atoms with Gasteiger partial charge in [0.15, 0.2) is 0 Å². The van der Waals surface area contributed by atoms with Crippen LogP contribution in [-0.2, 0) is 16.6 Å². The number of piperazine rings is 1. The molecule has 1 atom stereocenters. The summed E-state index contributed by atoms with van der Waals surface area (Å²) in [4.78, 5) is 2.84. The molecule has 2 aromatic rings. The molecule has 1 aliphatic heterocycles. The molecule has 1 aliphatic rings. The third-order valence-electron chi connectivity index (χ3n) is 5.16. The quantitative estimate of drug-likeness (QED) is 0.825. The van der Waals surface area contributed by atoms with Crippen molar-refractivity contribution in [3.8, 4) is 0 Å². The van der Waals surface area contributed by atoms with Gasteiger partial charge in [0.05, 0.1) is 4.90 Å². The molecule has 1 saturated heterocycles. The minimum atomic E-state index is -3.46. The molecule has 0 aromatic heterocycles. The molecule has 0 amide bonds. The molecular weight excluding hydrogens is 344 g/mol. The van der Waals surface area contributed by atoms with Crippen LogP contribution in [-0.4, -0.2) is 43.3 Å². The van der Waals surface area contributed by atoms with Crippen LogP contribution in [0.15, 0.2) is 47.4 Å². The van der Waals surface area contributed by atoms with E-state index in [9.17, 15) is 8.42 Å². The van der Waals surface area contributed by atoms with E-state index in [-0.39, 0.29) is 6.04 Å². The first-order chi connectivity index (χ1) is 12.3. The molecule has 2 aromatic carbocycles. The van der Waals surface area contributed by atoms with Crippen LogP contribution in [0.4, 0.5) is 0 Å². The number of benzene rings is 2. The van der Waals surface area contributed by atoms with Crippen LogP contribution in [0.2, 0.25) is 0 Å². The summed E-state index contributed by atoms with van der Waals surface area (Å²) in [7, 11) is -3.46. The summed E-state index contributed by atoms with van der Waals surface area (Å²) >= 11 is 0. The predicted octanol–water partition coefficient (Wildman–Crippen LogP) is 3.51. The lowest BCUT2D eigenvalue weighted by molar-refractivity contribution is 0.122. The Morgan fingerprint density at radius 2 is 1.62 bits per heavy atom. The molecule has 0 radical (unpaired) electrons. The summed E-state index contributed by atoms with van der Waals surface area (Å²) in [5, 5.41) is 0. The molecule has 0 saturated carbocycles. The van der Waals surface area contributed by atoms with Gasteiger partial charge in [-0.3, -0.25) is 4.90 Å². The maximum absolute atomic E-state index is 13.3. The zero-order valence-electron chi connectivity index (χ0n) is 16.1. The van der Waals surface area contributed by atoms with Crippen molar-refractivity contribution in [1.29, 1.82) is 0 Å². The molecule has 0 N–H and O–H groups in total. The van der Waals surface area contributed by atoms with Crippen molar-refractivity contribution in [2.75, 3.05) is 19.6 Å². The fourth-order valence-electron chi connectivity index (χ4n) is 3.94. The van der Waals surface area contributed by atoms with Crippen LogP contribution in [0, 0.1) is 20.8 Å². The smallest absolute Gasteiger partial charge is 0.243 e. The minimum absolute atomic E-state index is 0.185. The molecule has 1 fully saturated rings. The number of sulfonamides is 1. The summed E-state index contributed by atoms with van der Waals surface area (Å²) in [6.45, 7) is 10.6. The van der Waals surface area contributed by atoms with Crippen molar-refractivity contribution in [3.05, 3.63) is 64.7 Å². The lowest BCUT2D eigenvalue weighted by Crippen LogP contribution is -2.53. The van der Waals surface area contributed by atoms with Crippen LogP contribution in [0.25, 0.3) is 0 Å². The summed E-state index contributed by atoms with van der Waals surface area (Å²) in [5.41, 5.74) is 4.03. The van der Waals surface area contributed by atoms with E-state index < -0.39 is 10.0 Å². The average Bonchev–Trinajstić information content (AvgIpc) is 2.56. The standard InChI is InChI=1S/C21H28N2O2S/c1-16-12-17(2)21(18(3)13-16)26(24,25)23-11-10-22(19(4)14-23)15-20-8-6-5-7-9-20/h5-9,12-13,19H,10-11,14-15H2,1-4H3. The topological polar surface area (TPSA) is 40.6 Å². The maximum Gasteiger partial charge on any atom is 0.243 e. The van der Waals surface area contributed by atoms with Crippen LogP contribution in [0.5, 0.6) is 0 Å². The molecule has 140 valence electrons. The molecule has 3 rings (SSSR count). The normalized spacial score (nSPS) is 19.6. The van der Waals surface area contributed by atoms with Gasteiger partial charge in [0.2, 0.25) is 10.0 Å². The van der Waals surface area contributed by atoms with Crippen molar-refractivity contribution >= 4 is 10.0 Å². The Bertz CT molecular complexity index is 855. The zero-order valence-corrected chi connectivity index (χ0v) is 16.9. The second kappa shape index (κ2) is 7.51. The number of hydrogen-bond acceptors (Lipinski definition) is 3. The monoisotopic (exact) mass is 372 g/mol. The van der Waals surface area contributed by atoms with Gasteiger partial charge in [-0.1, -0.05) is 48.0 Å². The van der Waals surface area contributed by atoms with Gasteiger partial charge in [0.1, 0.15) is 0 Å². The van der Waals surface area contributed by atoms with Gasteiger partial charge in [-0.05, 0) is 44.4 Å². The van der Waals surface area contributed by atoms with E-state index in [4.69, 9.17) is 0 Å². The highest BCUT2D eigenvalue weighted by Crippen LogP contribution is 2.27. The van der Waals surface area contributed by atoms with E-state index >= 15 is 0 Å². The van der Waals surface area contributed by atoms with E-state index in [1.165, 1.54) is 5.56 Å². The Morgan fingerprint density at radius 3 is 2.19 bits per heavy atom. The van der Waals surface area contributed by atoms with Gasteiger partial charge >= 0.3 is 0 Å². The molecule has 0 bridgehead atoms. The van der Waals surface area contributed by atoms with E-state index in [2.05, 4.69) is 24.0 Å². The third kappa shape index (κ3) is 3.85. The Hall–Kier alpha value is -1.69. The lowest BCUT2D eigenvalue weighted by Gasteiger charge is -2.39. The minimum Gasteiger partial charge on any atom is -0.294 e. The number of aryl methyl sites for hydroxylation is 3. The zero-order chi connectivity index (χ0) is 18.9. The van der Waals surface area contributed by atoms with Crippen LogP contribution in [0.1, 0.15) is 29.2 Å². The van der Waals surface area contributed by atoms with E-state index in [0.29, 0.717) is 18.0 Å². The van der Waals surface area contributed by atoms with Gasteiger partial charge < -0.3 is 0 Å². The molecule has 1 unspecified atom stereocenters. The largest absolute Gasteiger partial charge is 0.294 e. The van der Waals surface area contributed by atoms with Crippen molar-refractivity contribution in [2.24, 2.45) is 0 Å². The van der Waals surface area contributed by atoms with Gasteiger partial charge in [-0.15, -0.1) is 0 Å². The molecule has 5 heteroatoms. The van der Waals surface area contributed by atoms with Crippen LogP contribution < -0.4 is 0 Å². The van der Waals surface area contributed by atoms with Gasteiger partial charge in [0, 0.05) is 32.2 Å². The molecule has 0 aliphatic carbocycles. The fraction of sp³-hybridized carbons (Fsp3) is 0.429. The Labute approximate surface area is 157 Å². The van der Waals surface area contributed by atoms with E-state index in [1.807, 2.05) is 51.1 Å². The second-order valence-electron chi connectivity index (χ2n) is 7.40. The lowest BCUT2D eigenvalue weighted by atomic mass is 10.1. The van der Waals surface area contributed by atoms with Crippen molar-refractivity contribution in [3.63, 3.8) is 0 Å². The average molecular weight is 373 g/mol. The van der Waals surface area contributed by atoms with E-state index in [0.717, 1.165) is 29.8 Å². The summed E-state index contributed by atoms with van der Waals surface area (Å²) in [6.07, 6.45) is 0. The fourth-order valence-corrected chi connectivity index (χ4v) is 5.86. The summed E-state index contributed by atoms with van der Waals surface area (Å²) < 4.78 is 28.2. The first-order valence-corrected chi connectivity index (χ1v) is 10.6. The first kappa shape index (κ1) is 19.1. The number of hydrogen-bond donors (Lipinski definition) is 0. The first-order valence-electron chi connectivity index (χ1n) is 9.15. The highest BCUT2D eigenvalue weighted by atomic mass is 32.2. The maximum atomic E-state index is 13.3. The molecule has 26 heavy (non-hydrogen) atoms. The van der Waals surface area contributed by atoms with Gasteiger partial charge in [-0.25, -0.2) is 8.42 Å².